The summed E-state index contributed by atoms with van der Waals surface area (Å²) >= 11 is 0. The number of benzene rings is 1. The molecule has 3 rings (SSSR count). The lowest BCUT2D eigenvalue weighted by Gasteiger charge is -2.26. The Kier molecular flexibility index (Phi) is 3.02. The summed E-state index contributed by atoms with van der Waals surface area (Å²) in [6.07, 6.45) is 1.09. The number of aliphatic hydroxyl groups is 1. The number of fused-ring (bicyclic) bond motifs is 1. The van der Waals surface area contributed by atoms with Crippen LogP contribution in [0.4, 0.5) is 0 Å². The number of ether oxygens (including phenoxy) is 1. The predicted octanol–water partition coefficient (Wildman–Crippen LogP) is 3.92. The van der Waals surface area contributed by atoms with E-state index >= 15 is 0 Å². The van der Waals surface area contributed by atoms with Gasteiger partial charge in [-0.3, -0.25) is 0 Å². The first kappa shape index (κ1) is 14.9. The van der Waals surface area contributed by atoms with Gasteiger partial charge in [-0.2, -0.15) is 0 Å². The maximum absolute atomic E-state index is 9.50. The molecular formula is C19H28O2. The summed E-state index contributed by atoms with van der Waals surface area (Å²) in [7, 11) is 0. The Morgan fingerprint density at radius 1 is 1.24 bits per heavy atom. The number of rotatable bonds is 2. The molecule has 116 valence electrons. The Hall–Kier alpha value is -1.02. The highest BCUT2D eigenvalue weighted by Crippen LogP contribution is 2.56. The van der Waals surface area contributed by atoms with Gasteiger partial charge in [-0.15, -0.1) is 0 Å². The molecular weight excluding hydrogens is 260 g/mol. The van der Waals surface area contributed by atoms with E-state index < -0.39 is 0 Å². The molecule has 21 heavy (non-hydrogen) atoms. The van der Waals surface area contributed by atoms with Crippen molar-refractivity contribution in [3.63, 3.8) is 0 Å². The van der Waals surface area contributed by atoms with Crippen LogP contribution < -0.4 is 4.74 Å². The van der Waals surface area contributed by atoms with Crippen LogP contribution in [0.5, 0.6) is 5.75 Å². The van der Waals surface area contributed by atoms with Crippen LogP contribution in [-0.4, -0.2) is 18.3 Å². The van der Waals surface area contributed by atoms with E-state index in [1.807, 2.05) is 0 Å². The molecule has 0 spiro atoms. The van der Waals surface area contributed by atoms with Gasteiger partial charge in [0.15, 0.2) is 0 Å². The smallest absolute Gasteiger partial charge is 0.126 e. The van der Waals surface area contributed by atoms with Crippen molar-refractivity contribution >= 4 is 0 Å². The summed E-state index contributed by atoms with van der Waals surface area (Å²) in [5.41, 5.74) is 4.32. The van der Waals surface area contributed by atoms with Crippen LogP contribution in [0.2, 0.25) is 0 Å². The molecule has 1 saturated carbocycles. The Labute approximate surface area is 128 Å². The van der Waals surface area contributed by atoms with Gasteiger partial charge in [0.25, 0.3) is 0 Å². The summed E-state index contributed by atoms with van der Waals surface area (Å²) in [6.45, 7) is 14.6. The lowest BCUT2D eigenvalue weighted by molar-refractivity contribution is 0.265. The zero-order valence-corrected chi connectivity index (χ0v) is 14.2. The lowest BCUT2D eigenvalue weighted by atomic mass is 9.77. The first-order valence-electron chi connectivity index (χ1n) is 8.03. The highest BCUT2D eigenvalue weighted by Gasteiger charge is 2.52. The van der Waals surface area contributed by atoms with Crippen LogP contribution in [-0.2, 0) is 16.2 Å². The van der Waals surface area contributed by atoms with Crippen molar-refractivity contribution in [3.05, 3.63) is 28.8 Å². The van der Waals surface area contributed by atoms with Crippen LogP contribution >= 0.6 is 0 Å². The van der Waals surface area contributed by atoms with Crippen LogP contribution in [0.15, 0.2) is 12.1 Å². The second-order valence-electron chi connectivity index (χ2n) is 8.82. The largest absolute Gasteiger partial charge is 0.492 e. The van der Waals surface area contributed by atoms with E-state index in [0.29, 0.717) is 12.5 Å². The summed E-state index contributed by atoms with van der Waals surface area (Å²) in [5.74, 6) is 1.51. The molecule has 1 fully saturated rings. The fourth-order valence-electron chi connectivity index (χ4n) is 3.58. The van der Waals surface area contributed by atoms with Gasteiger partial charge < -0.3 is 9.84 Å². The molecule has 2 nitrogen and oxygen atoms in total. The summed E-state index contributed by atoms with van der Waals surface area (Å²) in [6, 6.07) is 4.67. The molecule has 2 atom stereocenters. The van der Waals surface area contributed by atoms with Gasteiger partial charge in [0.05, 0.1) is 6.61 Å². The van der Waals surface area contributed by atoms with Crippen LogP contribution in [0, 0.1) is 5.92 Å². The predicted molar refractivity (Wildman–Crippen MR) is 86.2 cm³/mol. The quantitative estimate of drug-likeness (QED) is 0.893. The molecule has 0 radical (unpaired) electrons. The molecule has 1 aliphatic carbocycles. The van der Waals surface area contributed by atoms with Crippen LogP contribution in [0.1, 0.15) is 64.7 Å². The minimum absolute atomic E-state index is 0.0699. The summed E-state index contributed by atoms with van der Waals surface area (Å²) in [5, 5.41) is 9.50. The first-order chi connectivity index (χ1) is 9.59. The van der Waals surface area contributed by atoms with Crippen molar-refractivity contribution in [2.75, 3.05) is 13.2 Å². The van der Waals surface area contributed by atoms with Crippen molar-refractivity contribution < 1.29 is 9.84 Å². The van der Waals surface area contributed by atoms with E-state index in [0.717, 1.165) is 18.8 Å². The third-order valence-electron chi connectivity index (χ3n) is 5.49. The van der Waals surface area contributed by atoms with Gasteiger partial charge in [-0.25, -0.2) is 0 Å². The Balaban J connectivity index is 2.17. The highest BCUT2D eigenvalue weighted by atomic mass is 16.5. The topological polar surface area (TPSA) is 29.5 Å². The van der Waals surface area contributed by atoms with Gasteiger partial charge in [0, 0.05) is 23.1 Å². The molecule has 2 aliphatic rings. The molecule has 0 saturated heterocycles. The van der Waals surface area contributed by atoms with E-state index in [-0.39, 0.29) is 16.2 Å². The molecule has 1 heterocycles. The molecule has 0 bridgehead atoms. The normalized spacial score (nSPS) is 30.0. The van der Waals surface area contributed by atoms with Gasteiger partial charge in [0.1, 0.15) is 5.75 Å². The molecule has 0 aromatic heterocycles. The van der Waals surface area contributed by atoms with Crippen LogP contribution in [0.25, 0.3) is 0 Å². The third kappa shape index (κ3) is 2.19. The number of hydrogen-bond donors (Lipinski definition) is 1. The van der Waals surface area contributed by atoms with E-state index in [9.17, 15) is 5.11 Å². The van der Waals surface area contributed by atoms with E-state index in [1.165, 1.54) is 16.7 Å². The van der Waals surface area contributed by atoms with Crippen molar-refractivity contribution in [2.45, 2.75) is 64.2 Å². The third-order valence-corrected chi connectivity index (χ3v) is 5.49. The van der Waals surface area contributed by atoms with Crippen molar-refractivity contribution in [2.24, 2.45) is 5.92 Å². The molecule has 1 aromatic rings. The summed E-state index contributed by atoms with van der Waals surface area (Å²) in [4.78, 5) is 0. The number of hydrogen-bond acceptors (Lipinski definition) is 2. The highest BCUT2D eigenvalue weighted by molar-refractivity contribution is 5.55. The molecule has 1 aliphatic heterocycles. The zero-order chi connectivity index (χ0) is 15.6. The average molecular weight is 288 g/mol. The van der Waals surface area contributed by atoms with Gasteiger partial charge in [-0.05, 0) is 28.7 Å². The molecule has 1 aromatic carbocycles. The Bertz CT molecular complexity index is 580. The van der Waals surface area contributed by atoms with Crippen LogP contribution in [0.3, 0.4) is 0 Å². The standard InChI is InChI=1S/C19H28O2/c1-17(2,3)14-7-12(19(6)9-13(19)10-20)8-15-16(14)21-11-18(15,4)5/h7-8,13,20H,9-11H2,1-6H3/t13-,19-/m1/s1. The average Bonchev–Trinajstić information content (AvgIpc) is 2.97. The van der Waals surface area contributed by atoms with E-state index in [2.05, 4.69) is 53.7 Å². The lowest BCUT2D eigenvalue weighted by Crippen LogP contribution is -2.19. The maximum Gasteiger partial charge on any atom is 0.126 e. The van der Waals surface area contributed by atoms with Gasteiger partial charge in [0.2, 0.25) is 0 Å². The van der Waals surface area contributed by atoms with Crippen molar-refractivity contribution in [1.29, 1.82) is 0 Å². The Morgan fingerprint density at radius 3 is 2.43 bits per heavy atom. The van der Waals surface area contributed by atoms with Gasteiger partial charge >= 0.3 is 0 Å². The SMILES string of the molecule is CC(C)(C)c1cc([C@@]2(C)C[C@@H]2CO)cc2c1OCC2(C)C. The monoisotopic (exact) mass is 288 g/mol. The number of aliphatic hydroxyl groups excluding tert-OH is 1. The second-order valence-corrected chi connectivity index (χ2v) is 8.82. The molecule has 0 amide bonds. The first-order valence-corrected chi connectivity index (χ1v) is 8.03. The zero-order valence-electron chi connectivity index (χ0n) is 14.2. The van der Waals surface area contributed by atoms with Crippen molar-refractivity contribution in [1.82, 2.24) is 0 Å². The second kappa shape index (κ2) is 4.25. The van der Waals surface area contributed by atoms with E-state index in [4.69, 9.17) is 4.74 Å². The van der Waals surface area contributed by atoms with E-state index in [1.54, 1.807) is 0 Å². The maximum atomic E-state index is 9.50. The summed E-state index contributed by atoms with van der Waals surface area (Å²) < 4.78 is 6.06. The molecule has 1 N–H and O–H groups in total. The van der Waals surface area contributed by atoms with Crippen molar-refractivity contribution in [3.8, 4) is 5.75 Å². The van der Waals surface area contributed by atoms with Gasteiger partial charge in [-0.1, -0.05) is 53.7 Å². The fraction of sp³-hybridized carbons (Fsp3) is 0.684. The Morgan fingerprint density at radius 2 is 1.90 bits per heavy atom. The fourth-order valence-corrected chi connectivity index (χ4v) is 3.58. The minimum Gasteiger partial charge on any atom is -0.492 e. The molecule has 0 unspecified atom stereocenters. The minimum atomic E-state index is 0.0699. The molecule has 2 heteroatoms.